The van der Waals surface area contributed by atoms with Crippen LogP contribution in [0.25, 0.3) is 0 Å². The lowest BCUT2D eigenvalue weighted by molar-refractivity contribution is 0.505. The molecule has 0 aromatic heterocycles. The quantitative estimate of drug-likeness (QED) is 0.843. The van der Waals surface area contributed by atoms with E-state index in [1.165, 1.54) is 12.1 Å². The Kier molecular flexibility index (Phi) is 6.05. The smallest absolute Gasteiger partial charge is 0.142 e. The molecule has 102 valence electrons. The summed E-state index contributed by atoms with van der Waals surface area (Å²) in [5.74, 6) is 0.0333. The van der Waals surface area contributed by atoms with Crippen LogP contribution in [0.2, 0.25) is 10.0 Å². The van der Waals surface area contributed by atoms with Crippen molar-refractivity contribution in [1.82, 2.24) is 5.32 Å². The Morgan fingerprint density at radius 1 is 1.39 bits per heavy atom. The first kappa shape index (κ1) is 15.9. The molecule has 0 saturated carbocycles. The van der Waals surface area contributed by atoms with Crippen molar-refractivity contribution in [3.63, 3.8) is 0 Å². The van der Waals surface area contributed by atoms with E-state index in [0.29, 0.717) is 16.3 Å². The normalized spacial score (nSPS) is 16.3. The molecule has 0 radical (unpaired) electrons. The Bertz CT molecular complexity index is 456. The van der Waals surface area contributed by atoms with Gasteiger partial charge in [-0.05, 0) is 26.0 Å². The third kappa shape index (κ3) is 4.19. The monoisotopic (exact) mass is 311 g/mol. The lowest BCUT2D eigenvalue weighted by Crippen LogP contribution is -2.33. The van der Waals surface area contributed by atoms with Crippen molar-refractivity contribution < 1.29 is 8.60 Å². The van der Waals surface area contributed by atoms with Crippen molar-refractivity contribution in [2.24, 2.45) is 0 Å². The van der Waals surface area contributed by atoms with Crippen LogP contribution in [-0.2, 0) is 10.8 Å². The van der Waals surface area contributed by atoms with Gasteiger partial charge in [0, 0.05) is 45.5 Å². The van der Waals surface area contributed by atoms with Gasteiger partial charge in [0.1, 0.15) is 5.82 Å². The van der Waals surface area contributed by atoms with E-state index in [0.717, 1.165) is 0 Å². The highest BCUT2D eigenvalue weighted by Gasteiger charge is 2.18. The van der Waals surface area contributed by atoms with E-state index in [9.17, 15) is 8.60 Å². The first-order valence-corrected chi connectivity index (χ1v) is 8.00. The number of rotatable bonds is 5. The van der Waals surface area contributed by atoms with Crippen molar-refractivity contribution in [1.29, 1.82) is 0 Å². The Morgan fingerprint density at radius 2 is 2.00 bits per heavy atom. The second kappa shape index (κ2) is 6.85. The van der Waals surface area contributed by atoms with Gasteiger partial charge in [-0.2, -0.15) is 0 Å². The van der Waals surface area contributed by atoms with Crippen molar-refractivity contribution in [2.75, 3.05) is 12.0 Å². The molecule has 0 amide bonds. The minimum atomic E-state index is -0.886. The summed E-state index contributed by atoms with van der Waals surface area (Å²) >= 11 is 12.0. The van der Waals surface area contributed by atoms with Crippen molar-refractivity contribution in [3.05, 3.63) is 33.6 Å². The van der Waals surface area contributed by atoms with Gasteiger partial charge in [-0.1, -0.05) is 23.2 Å². The van der Waals surface area contributed by atoms with E-state index in [1.807, 2.05) is 13.8 Å². The van der Waals surface area contributed by atoms with Crippen LogP contribution in [0.15, 0.2) is 12.1 Å². The first-order chi connectivity index (χ1) is 8.32. The Labute approximate surface area is 119 Å². The fourth-order valence-corrected chi connectivity index (χ4v) is 3.35. The summed E-state index contributed by atoms with van der Waals surface area (Å²) in [5.41, 5.74) is 0.534. The van der Waals surface area contributed by atoms with Crippen LogP contribution in [0.5, 0.6) is 0 Å². The van der Waals surface area contributed by atoms with Gasteiger partial charge in [0.2, 0.25) is 0 Å². The molecule has 1 N–H and O–H groups in total. The highest BCUT2D eigenvalue weighted by molar-refractivity contribution is 7.84. The standard InChI is InChI=1S/C12H16Cl2FNOS/c1-7(6-18(3)17)16-8(2)11-9(13)4-5-10(15)12(11)14/h4-5,7-8,16H,6H2,1-3H3. The van der Waals surface area contributed by atoms with Gasteiger partial charge < -0.3 is 5.32 Å². The average Bonchev–Trinajstić information content (AvgIpc) is 2.22. The molecule has 0 aliphatic carbocycles. The fourth-order valence-electron chi connectivity index (χ4n) is 1.85. The molecule has 0 saturated heterocycles. The second-order valence-corrected chi connectivity index (χ2v) is 6.55. The van der Waals surface area contributed by atoms with Gasteiger partial charge in [0.25, 0.3) is 0 Å². The van der Waals surface area contributed by atoms with Gasteiger partial charge in [0.15, 0.2) is 0 Å². The van der Waals surface area contributed by atoms with Crippen molar-refractivity contribution >= 4 is 34.0 Å². The van der Waals surface area contributed by atoms with Gasteiger partial charge in [-0.15, -0.1) is 0 Å². The Balaban J connectivity index is 2.87. The Hall–Kier alpha value is -0.160. The molecular formula is C12H16Cl2FNOS. The van der Waals surface area contributed by atoms with Crippen molar-refractivity contribution in [3.8, 4) is 0 Å². The third-order valence-electron chi connectivity index (χ3n) is 2.53. The molecule has 0 aliphatic heterocycles. The van der Waals surface area contributed by atoms with E-state index < -0.39 is 16.6 Å². The van der Waals surface area contributed by atoms with Crippen LogP contribution in [0.1, 0.15) is 25.5 Å². The van der Waals surface area contributed by atoms with E-state index in [-0.39, 0.29) is 17.1 Å². The molecule has 3 unspecified atom stereocenters. The number of halogens is 3. The van der Waals surface area contributed by atoms with Gasteiger partial charge in [0.05, 0.1) is 5.02 Å². The SMILES string of the molecule is CC(CS(C)=O)NC(C)c1c(Cl)ccc(F)c1Cl. The molecule has 0 heterocycles. The minimum Gasteiger partial charge on any atom is -0.307 e. The molecule has 1 rings (SSSR count). The molecule has 18 heavy (non-hydrogen) atoms. The summed E-state index contributed by atoms with van der Waals surface area (Å²) in [4.78, 5) is 0. The third-order valence-corrected chi connectivity index (χ3v) is 4.21. The summed E-state index contributed by atoms with van der Waals surface area (Å²) in [6.45, 7) is 3.76. The molecule has 3 atom stereocenters. The topological polar surface area (TPSA) is 29.1 Å². The molecule has 2 nitrogen and oxygen atoms in total. The zero-order valence-electron chi connectivity index (χ0n) is 10.5. The minimum absolute atomic E-state index is 0.0289. The summed E-state index contributed by atoms with van der Waals surface area (Å²) in [5, 5.41) is 3.66. The summed E-state index contributed by atoms with van der Waals surface area (Å²) in [7, 11) is -0.886. The molecule has 0 fully saturated rings. The highest BCUT2D eigenvalue weighted by atomic mass is 35.5. The predicted octanol–water partition coefficient (Wildman–Crippen LogP) is 3.55. The molecule has 1 aromatic carbocycles. The van der Waals surface area contributed by atoms with E-state index in [4.69, 9.17) is 23.2 Å². The van der Waals surface area contributed by atoms with Gasteiger partial charge >= 0.3 is 0 Å². The number of hydrogen-bond donors (Lipinski definition) is 1. The van der Waals surface area contributed by atoms with Crippen LogP contribution in [0, 0.1) is 5.82 Å². The first-order valence-electron chi connectivity index (χ1n) is 5.52. The molecule has 0 bridgehead atoms. The summed E-state index contributed by atoms with van der Waals surface area (Å²) in [6, 6.07) is 2.55. The highest BCUT2D eigenvalue weighted by Crippen LogP contribution is 2.32. The number of hydrogen-bond acceptors (Lipinski definition) is 2. The van der Waals surface area contributed by atoms with E-state index >= 15 is 0 Å². The summed E-state index contributed by atoms with van der Waals surface area (Å²) in [6.07, 6.45) is 1.64. The van der Waals surface area contributed by atoms with E-state index in [2.05, 4.69) is 5.32 Å². The van der Waals surface area contributed by atoms with Crippen LogP contribution in [0.3, 0.4) is 0 Å². The average molecular weight is 312 g/mol. The molecule has 1 aromatic rings. The maximum Gasteiger partial charge on any atom is 0.142 e. The zero-order valence-corrected chi connectivity index (χ0v) is 12.8. The van der Waals surface area contributed by atoms with Crippen LogP contribution < -0.4 is 5.32 Å². The second-order valence-electron chi connectivity index (χ2n) is 4.29. The van der Waals surface area contributed by atoms with Crippen LogP contribution >= 0.6 is 23.2 Å². The largest absolute Gasteiger partial charge is 0.307 e. The molecule has 0 aliphatic rings. The maximum atomic E-state index is 13.4. The predicted molar refractivity (Wildman–Crippen MR) is 76.4 cm³/mol. The number of benzene rings is 1. The fraction of sp³-hybridized carbons (Fsp3) is 0.500. The van der Waals surface area contributed by atoms with Crippen LogP contribution in [-0.4, -0.2) is 22.3 Å². The van der Waals surface area contributed by atoms with Gasteiger partial charge in [-0.25, -0.2) is 4.39 Å². The zero-order chi connectivity index (χ0) is 13.9. The Morgan fingerprint density at radius 3 is 2.56 bits per heavy atom. The number of nitrogens with one attached hydrogen (secondary N) is 1. The lowest BCUT2D eigenvalue weighted by atomic mass is 10.1. The lowest BCUT2D eigenvalue weighted by Gasteiger charge is -2.21. The van der Waals surface area contributed by atoms with Gasteiger partial charge in [-0.3, -0.25) is 4.21 Å². The summed E-state index contributed by atoms with van der Waals surface area (Å²) < 4.78 is 24.5. The van der Waals surface area contributed by atoms with E-state index in [1.54, 1.807) is 6.26 Å². The molecular weight excluding hydrogens is 296 g/mol. The van der Waals surface area contributed by atoms with Crippen molar-refractivity contribution in [2.45, 2.75) is 25.9 Å². The van der Waals surface area contributed by atoms with Crippen LogP contribution in [0.4, 0.5) is 4.39 Å². The molecule has 6 heteroatoms. The maximum absolute atomic E-state index is 13.4. The molecule has 0 spiro atoms.